The van der Waals surface area contributed by atoms with Crippen LogP contribution in [0.2, 0.25) is 0 Å². The Labute approximate surface area is 106 Å². The predicted molar refractivity (Wildman–Crippen MR) is 67.8 cm³/mol. The number of H-pyrrole nitrogens is 1. The molecule has 2 aromatic rings. The van der Waals surface area contributed by atoms with E-state index in [1.165, 1.54) is 6.21 Å². The van der Waals surface area contributed by atoms with E-state index in [1.807, 2.05) is 12.1 Å². The average Bonchev–Trinajstić information content (AvgIpc) is 2.82. The first-order valence-electron chi connectivity index (χ1n) is 4.84. The highest BCUT2D eigenvalue weighted by atomic mass is 79.9. The summed E-state index contributed by atoms with van der Waals surface area (Å²) < 4.78 is 0.610. The van der Waals surface area contributed by atoms with E-state index in [0.717, 1.165) is 5.69 Å². The van der Waals surface area contributed by atoms with Gasteiger partial charge in [-0.3, -0.25) is 4.79 Å². The van der Waals surface area contributed by atoms with Crippen LogP contribution in [0.5, 0.6) is 0 Å². The van der Waals surface area contributed by atoms with Gasteiger partial charge in [-0.05, 0) is 40.2 Å². The summed E-state index contributed by atoms with van der Waals surface area (Å²) in [4.78, 5) is 18.5. The van der Waals surface area contributed by atoms with E-state index < -0.39 is 0 Å². The number of rotatable bonds is 3. The molecular weight excluding hydrogens is 284 g/mol. The lowest BCUT2D eigenvalue weighted by Crippen LogP contribution is -2.17. The molecule has 0 saturated carbocycles. The normalized spacial score (nSPS) is 10.6. The minimum Gasteiger partial charge on any atom is -0.360 e. The molecule has 2 rings (SSSR count). The highest BCUT2D eigenvalue weighted by Gasteiger charge is 2.04. The number of halogens is 1. The zero-order chi connectivity index (χ0) is 12.1. The molecule has 86 valence electrons. The quantitative estimate of drug-likeness (QED) is 0.516. The van der Waals surface area contributed by atoms with Crippen molar-refractivity contribution in [2.24, 2.45) is 5.10 Å². The van der Waals surface area contributed by atoms with Crippen LogP contribution in [0.4, 0.5) is 0 Å². The van der Waals surface area contributed by atoms with E-state index in [-0.39, 0.29) is 5.91 Å². The molecule has 6 heteroatoms. The summed E-state index contributed by atoms with van der Waals surface area (Å²) in [6.07, 6.45) is 4.87. The lowest BCUT2D eigenvalue weighted by molar-refractivity contribution is 0.0955. The molecule has 0 spiro atoms. The average molecular weight is 293 g/mol. The van der Waals surface area contributed by atoms with Gasteiger partial charge >= 0.3 is 0 Å². The molecule has 0 unspecified atom stereocenters. The fraction of sp³-hybridized carbons (Fsp3) is 0. The van der Waals surface area contributed by atoms with Crippen LogP contribution in [0.25, 0.3) is 0 Å². The summed E-state index contributed by atoms with van der Waals surface area (Å²) in [7, 11) is 0. The molecule has 0 aliphatic heterocycles. The molecule has 0 atom stereocenters. The van der Waals surface area contributed by atoms with Crippen LogP contribution in [-0.2, 0) is 0 Å². The Balaban J connectivity index is 1.98. The SMILES string of the molecule is O=C(N/N=C/c1ccc[nH]1)c1ccnc(Br)c1. The minimum atomic E-state index is -0.282. The molecule has 2 N–H and O–H groups in total. The largest absolute Gasteiger partial charge is 0.360 e. The first-order valence-corrected chi connectivity index (χ1v) is 5.63. The molecule has 2 aromatic heterocycles. The van der Waals surface area contributed by atoms with Crippen molar-refractivity contribution >= 4 is 28.1 Å². The van der Waals surface area contributed by atoms with Crippen LogP contribution in [0, 0.1) is 0 Å². The van der Waals surface area contributed by atoms with Crippen molar-refractivity contribution in [1.29, 1.82) is 0 Å². The number of pyridine rings is 1. The van der Waals surface area contributed by atoms with Crippen LogP contribution in [0.3, 0.4) is 0 Å². The lowest BCUT2D eigenvalue weighted by Gasteiger charge is -1.99. The zero-order valence-corrected chi connectivity index (χ0v) is 10.3. The Kier molecular flexibility index (Phi) is 3.66. The van der Waals surface area contributed by atoms with Gasteiger partial charge in [-0.1, -0.05) is 0 Å². The van der Waals surface area contributed by atoms with E-state index in [1.54, 1.807) is 24.5 Å². The van der Waals surface area contributed by atoms with E-state index >= 15 is 0 Å². The number of aromatic amines is 1. The second-order valence-electron chi connectivity index (χ2n) is 3.19. The molecule has 5 nitrogen and oxygen atoms in total. The molecule has 1 amide bonds. The van der Waals surface area contributed by atoms with E-state index in [2.05, 4.69) is 36.4 Å². The van der Waals surface area contributed by atoms with Crippen LogP contribution in [0.1, 0.15) is 16.1 Å². The fourth-order valence-corrected chi connectivity index (χ4v) is 1.56. The van der Waals surface area contributed by atoms with E-state index in [9.17, 15) is 4.79 Å². The topological polar surface area (TPSA) is 70.1 Å². The third-order valence-corrected chi connectivity index (χ3v) is 2.41. The molecular formula is C11H9BrN4O. The van der Waals surface area contributed by atoms with Crippen molar-refractivity contribution in [3.8, 4) is 0 Å². The van der Waals surface area contributed by atoms with Gasteiger partial charge in [-0.15, -0.1) is 0 Å². The van der Waals surface area contributed by atoms with Gasteiger partial charge in [-0.2, -0.15) is 5.10 Å². The van der Waals surface area contributed by atoms with Crippen molar-refractivity contribution in [3.05, 3.63) is 52.5 Å². The number of carbonyl (C=O) groups is 1. The Hall–Kier alpha value is -1.95. The Bertz CT molecular complexity index is 536. The van der Waals surface area contributed by atoms with Gasteiger partial charge in [0.1, 0.15) is 4.60 Å². The molecule has 0 bridgehead atoms. The van der Waals surface area contributed by atoms with Gasteiger partial charge in [0.2, 0.25) is 0 Å². The highest BCUT2D eigenvalue weighted by Crippen LogP contribution is 2.07. The smallest absolute Gasteiger partial charge is 0.271 e. The monoisotopic (exact) mass is 292 g/mol. The lowest BCUT2D eigenvalue weighted by atomic mass is 10.3. The highest BCUT2D eigenvalue weighted by molar-refractivity contribution is 9.10. The third kappa shape index (κ3) is 3.25. The number of amides is 1. The van der Waals surface area contributed by atoms with Crippen LogP contribution in [-0.4, -0.2) is 22.1 Å². The fourth-order valence-electron chi connectivity index (χ4n) is 1.19. The number of hydrazone groups is 1. The summed E-state index contributed by atoms with van der Waals surface area (Å²) in [5, 5.41) is 3.83. The molecule has 0 aliphatic carbocycles. The standard InChI is InChI=1S/C11H9BrN4O/c12-10-6-8(3-5-14-10)11(17)16-15-7-9-2-1-4-13-9/h1-7,13H,(H,16,17)/b15-7+. The number of hydrogen-bond acceptors (Lipinski definition) is 3. The molecule has 0 saturated heterocycles. The van der Waals surface area contributed by atoms with Crippen LogP contribution in [0.15, 0.2) is 46.4 Å². The van der Waals surface area contributed by atoms with Crippen molar-refractivity contribution in [2.45, 2.75) is 0 Å². The van der Waals surface area contributed by atoms with Gasteiger partial charge < -0.3 is 4.98 Å². The maximum atomic E-state index is 11.6. The Morgan fingerprint density at radius 3 is 3.12 bits per heavy atom. The van der Waals surface area contributed by atoms with Crippen molar-refractivity contribution in [2.75, 3.05) is 0 Å². The molecule has 0 aliphatic rings. The molecule has 0 radical (unpaired) electrons. The summed E-state index contributed by atoms with van der Waals surface area (Å²) in [5.74, 6) is -0.282. The predicted octanol–water partition coefficient (Wildman–Crippen LogP) is 1.94. The van der Waals surface area contributed by atoms with Gasteiger partial charge in [0.15, 0.2) is 0 Å². The zero-order valence-electron chi connectivity index (χ0n) is 8.72. The van der Waals surface area contributed by atoms with Gasteiger partial charge in [0, 0.05) is 18.0 Å². The number of nitrogens with one attached hydrogen (secondary N) is 2. The molecule has 17 heavy (non-hydrogen) atoms. The molecule has 0 fully saturated rings. The van der Waals surface area contributed by atoms with Gasteiger partial charge in [0.25, 0.3) is 5.91 Å². The van der Waals surface area contributed by atoms with Crippen LogP contribution < -0.4 is 5.43 Å². The number of aromatic nitrogens is 2. The van der Waals surface area contributed by atoms with Gasteiger partial charge in [-0.25, -0.2) is 10.4 Å². The summed E-state index contributed by atoms with van der Waals surface area (Å²) >= 11 is 3.20. The van der Waals surface area contributed by atoms with Crippen molar-refractivity contribution in [1.82, 2.24) is 15.4 Å². The second-order valence-corrected chi connectivity index (χ2v) is 4.00. The number of nitrogens with zero attached hydrogens (tertiary/aromatic N) is 2. The molecule has 0 aromatic carbocycles. The summed E-state index contributed by atoms with van der Waals surface area (Å²) in [6.45, 7) is 0. The maximum Gasteiger partial charge on any atom is 0.271 e. The second kappa shape index (κ2) is 5.40. The maximum absolute atomic E-state index is 11.6. The van der Waals surface area contributed by atoms with Crippen molar-refractivity contribution < 1.29 is 4.79 Å². The van der Waals surface area contributed by atoms with E-state index in [0.29, 0.717) is 10.2 Å². The first kappa shape index (κ1) is 11.5. The first-order chi connectivity index (χ1) is 8.25. The Morgan fingerprint density at radius 1 is 1.53 bits per heavy atom. The molecule has 2 heterocycles. The van der Waals surface area contributed by atoms with Crippen molar-refractivity contribution in [3.63, 3.8) is 0 Å². The minimum absolute atomic E-state index is 0.282. The summed E-state index contributed by atoms with van der Waals surface area (Å²) in [6, 6.07) is 6.94. The Morgan fingerprint density at radius 2 is 2.41 bits per heavy atom. The number of carbonyl (C=O) groups excluding carboxylic acids is 1. The number of hydrogen-bond donors (Lipinski definition) is 2. The third-order valence-electron chi connectivity index (χ3n) is 1.98. The van der Waals surface area contributed by atoms with Gasteiger partial charge in [0.05, 0.1) is 11.9 Å². The van der Waals surface area contributed by atoms with Crippen LogP contribution >= 0.6 is 15.9 Å². The summed E-state index contributed by atoms with van der Waals surface area (Å²) in [5.41, 5.74) is 3.74. The van der Waals surface area contributed by atoms with E-state index in [4.69, 9.17) is 0 Å².